The molecular weight excluding hydrogens is 530 g/mol. The summed E-state index contributed by atoms with van der Waals surface area (Å²) in [5.41, 5.74) is 2.84. The molecule has 3 aliphatic rings. The number of Topliss-reactive ketones (excluding diaryl/α,β-unsaturated/α-hetero) is 2. The first-order valence-corrected chi connectivity index (χ1v) is 13.8. The molecule has 6 N–H and O–H groups in total. The fraction of sp³-hybridized carbons (Fsp3) is 0.567. The average Bonchev–Trinajstić information content (AvgIpc) is 2.84. The zero-order valence-electron chi connectivity index (χ0n) is 24.7. The van der Waals surface area contributed by atoms with Crippen LogP contribution in [0, 0.1) is 17.3 Å². The topological polar surface area (TPSA) is 174 Å². The molecule has 0 aromatic heterocycles. The van der Waals surface area contributed by atoms with E-state index in [-0.39, 0.29) is 35.1 Å². The monoisotopic (exact) mass is 571 g/mol. The number of phenolic OH excluding ortho intramolecular Hbond substituents is 1. The Hall–Kier alpha value is -3.41. The van der Waals surface area contributed by atoms with E-state index in [0.29, 0.717) is 23.4 Å². The number of allylic oxidation sites excluding steroid dienone is 1. The van der Waals surface area contributed by atoms with Crippen LogP contribution in [0.1, 0.15) is 55.6 Å². The van der Waals surface area contributed by atoms with Gasteiger partial charge in [0.2, 0.25) is 5.78 Å². The van der Waals surface area contributed by atoms with E-state index in [9.17, 15) is 34.8 Å². The Bertz CT molecular complexity index is 1370. The zero-order chi connectivity index (χ0) is 30.8. The Kier molecular flexibility index (Phi) is 7.79. The lowest BCUT2D eigenvalue weighted by atomic mass is 9.58. The highest BCUT2D eigenvalue weighted by Gasteiger charge is 2.63. The van der Waals surface area contributed by atoms with Crippen LogP contribution in [0.5, 0.6) is 11.5 Å². The Balaban J connectivity index is 1.87. The number of benzene rings is 1. The molecule has 11 nitrogen and oxygen atoms in total. The molecule has 4 atom stereocenters. The van der Waals surface area contributed by atoms with Crippen molar-refractivity contribution in [3.8, 4) is 11.5 Å². The number of methoxy groups -OCH3 is 1. The number of ether oxygens (including phenoxy) is 1. The molecular formula is C30H41N3O8. The fourth-order valence-electron chi connectivity index (χ4n) is 6.93. The van der Waals surface area contributed by atoms with Gasteiger partial charge < -0.3 is 30.9 Å². The molecule has 1 aromatic rings. The van der Waals surface area contributed by atoms with Crippen LogP contribution >= 0.6 is 0 Å². The Morgan fingerprint density at radius 1 is 1.20 bits per heavy atom. The number of aromatic hydroxyl groups is 1. The van der Waals surface area contributed by atoms with Gasteiger partial charge in [0.15, 0.2) is 11.4 Å². The number of nitrogens with two attached hydrogens (primary N) is 1. The predicted molar refractivity (Wildman–Crippen MR) is 151 cm³/mol. The minimum atomic E-state index is -2.67. The third-order valence-electron chi connectivity index (χ3n) is 8.49. The van der Waals surface area contributed by atoms with E-state index in [0.717, 1.165) is 13.1 Å². The van der Waals surface area contributed by atoms with Crippen LogP contribution in [0.2, 0.25) is 0 Å². The standard InChI is InChI=1S/C30H41N3O8/c1-8-33(13-29(2,3)4)12-15-11-18(34)20-16(25(15)41-7)9-14-10-17-22(32(5)6)24(36)21(28(31)39)27(38)30(17,40)26(37)19(14)23(20)35/h11,14,17,22,34,36-37,40H,8-10,12-13H2,1-7H3,(H2,31,39)/t14-,17-,22-,30-/m0/s1. The van der Waals surface area contributed by atoms with Crippen molar-refractivity contribution in [2.75, 3.05) is 34.3 Å². The van der Waals surface area contributed by atoms with Crippen LogP contribution < -0.4 is 10.5 Å². The van der Waals surface area contributed by atoms with E-state index >= 15 is 0 Å². The largest absolute Gasteiger partial charge is 0.510 e. The first-order chi connectivity index (χ1) is 19.0. The zero-order valence-corrected chi connectivity index (χ0v) is 24.7. The number of aliphatic hydroxyl groups excluding tert-OH is 2. The number of hydrogen-bond donors (Lipinski definition) is 5. The van der Waals surface area contributed by atoms with E-state index in [2.05, 4.69) is 25.7 Å². The summed E-state index contributed by atoms with van der Waals surface area (Å²) in [5, 5.41) is 45.2. The molecule has 224 valence electrons. The van der Waals surface area contributed by atoms with E-state index < -0.39 is 58.0 Å². The van der Waals surface area contributed by atoms with Gasteiger partial charge in [0.05, 0.1) is 18.7 Å². The van der Waals surface area contributed by atoms with Crippen molar-refractivity contribution in [1.82, 2.24) is 9.80 Å². The number of aliphatic hydroxyl groups is 3. The molecule has 0 bridgehead atoms. The molecule has 0 fully saturated rings. The highest BCUT2D eigenvalue weighted by atomic mass is 16.5. The lowest BCUT2D eigenvalue weighted by Crippen LogP contribution is -2.63. The summed E-state index contributed by atoms with van der Waals surface area (Å²) in [5.74, 6) is -6.33. The van der Waals surface area contributed by atoms with Gasteiger partial charge in [-0.15, -0.1) is 0 Å². The second-order valence-electron chi connectivity index (χ2n) is 12.8. The molecule has 0 saturated carbocycles. The van der Waals surface area contributed by atoms with Gasteiger partial charge in [-0.25, -0.2) is 0 Å². The molecule has 0 unspecified atom stereocenters. The third-order valence-corrected chi connectivity index (χ3v) is 8.49. The van der Waals surface area contributed by atoms with Gasteiger partial charge in [-0.2, -0.15) is 0 Å². The lowest BCUT2D eigenvalue weighted by Gasteiger charge is -2.50. The normalized spacial score (nSPS) is 26.3. The number of ketones is 2. The van der Waals surface area contributed by atoms with Crippen LogP contribution in [-0.2, 0) is 22.6 Å². The molecule has 0 saturated heterocycles. The summed E-state index contributed by atoms with van der Waals surface area (Å²) in [6.45, 7) is 10.5. The quantitative estimate of drug-likeness (QED) is 0.305. The van der Waals surface area contributed by atoms with Crippen molar-refractivity contribution in [3.05, 3.63) is 45.4 Å². The predicted octanol–water partition coefficient (Wildman–Crippen LogP) is 2.00. The molecule has 0 aliphatic heterocycles. The van der Waals surface area contributed by atoms with Gasteiger partial charge in [-0.1, -0.05) is 27.7 Å². The first kappa shape index (κ1) is 30.5. The van der Waals surface area contributed by atoms with E-state index in [1.165, 1.54) is 18.1 Å². The fourth-order valence-corrected chi connectivity index (χ4v) is 6.93. The van der Waals surface area contributed by atoms with Crippen molar-refractivity contribution in [2.45, 2.75) is 58.7 Å². The van der Waals surface area contributed by atoms with Crippen molar-refractivity contribution in [2.24, 2.45) is 23.0 Å². The lowest BCUT2D eigenvalue weighted by molar-refractivity contribution is -0.148. The minimum Gasteiger partial charge on any atom is -0.510 e. The van der Waals surface area contributed by atoms with Crippen molar-refractivity contribution in [3.63, 3.8) is 0 Å². The molecule has 11 heteroatoms. The minimum absolute atomic E-state index is 0.0189. The van der Waals surface area contributed by atoms with E-state index in [1.54, 1.807) is 14.1 Å². The van der Waals surface area contributed by atoms with Crippen molar-refractivity contribution < 1.29 is 39.5 Å². The average molecular weight is 572 g/mol. The molecule has 4 rings (SSSR count). The van der Waals surface area contributed by atoms with Crippen LogP contribution in [0.15, 0.2) is 28.7 Å². The maximum absolute atomic E-state index is 13.9. The number of phenols is 1. The summed E-state index contributed by atoms with van der Waals surface area (Å²) in [6.07, 6.45) is 0.190. The van der Waals surface area contributed by atoms with E-state index in [1.807, 2.05) is 6.92 Å². The number of nitrogens with zero attached hydrogens (tertiary/aromatic N) is 2. The first-order valence-electron chi connectivity index (χ1n) is 13.8. The SMILES string of the molecule is CCN(Cc1cc(O)c2c(c1OC)C[C@H]1C[C@H]3[C@H](N(C)C)C(O)=C(C(N)=O)C(=O)[C@@]3(O)C(O)=C1C2=O)CC(C)(C)C. The number of carbonyl (C=O) groups excluding carboxylic acids is 3. The summed E-state index contributed by atoms with van der Waals surface area (Å²) < 4.78 is 5.81. The number of hydrogen-bond acceptors (Lipinski definition) is 10. The molecule has 3 aliphatic carbocycles. The second kappa shape index (κ2) is 10.5. The van der Waals surface area contributed by atoms with Crippen LogP contribution in [-0.4, -0.2) is 93.6 Å². The molecule has 1 aromatic carbocycles. The summed E-state index contributed by atoms with van der Waals surface area (Å²) >= 11 is 0. The number of fused-ring (bicyclic) bond motifs is 3. The number of carbonyl (C=O) groups is 3. The molecule has 0 heterocycles. The van der Waals surface area contributed by atoms with Gasteiger partial charge in [0.1, 0.15) is 28.6 Å². The summed E-state index contributed by atoms with van der Waals surface area (Å²) in [6, 6.07) is 0.441. The van der Waals surface area contributed by atoms with Crippen LogP contribution in [0.25, 0.3) is 0 Å². The maximum Gasteiger partial charge on any atom is 0.255 e. The number of primary amides is 1. The van der Waals surface area contributed by atoms with Gasteiger partial charge in [-0.3, -0.25) is 24.2 Å². The third kappa shape index (κ3) is 4.79. The second-order valence-corrected chi connectivity index (χ2v) is 12.8. The molecule has 0 spiro atoms. The molecule has 41 heavy (non-hydrogen) atoms. The van der Waals surface area contributed by atoms with Crippen molar-refractivity contribution in [1.29, 1.82) is 0 Å². The highest BCUT2D eigenvalue weighted by molar-refractivity contribution is 6.24. The highest BCUT2D eigenvalue weighted by Crippen LogP contribution is 2.53. The van der Waals surface area contributed by atoms with E-state index in [4.69, 9.17) is 10.5 Å². The number of amides is 1. The number of likely N-dealkylation sites (N-methyl/N-ethyl adjacent to an activating group) is 1. The van der Waals surface area contributed by atoms with Gasteiger partial charge in [-0.05, 0) is 50.9 Å². The Labute approximate surface area is 239 Å². The summed E-state index contributed by atoms with van der Waals surface area (Å²) in [4.78, 5) is 43.2. The Morgan fingerprint density at radius 2 is 1.83 bits per heavy atom. The summed E-state index contributed by atoms with van der Waals surface area (Å²) in [7, 11) is 4.69. The maximum atomic E-state index is 13.9. The van der Waals surface area contributed by atoms with Crippen molar-refractivity contribution >= 4 is 17.5 Å². The van der Waals surface area contributed by atoms with Gasteiger partial charge in [0, 0.05) is 35.7 Å². The number of rotatable bonds is 7. The molecule has 0 radical (unpaired) electrons. The smallest absolute Gasteiger partial charge is 0.255 e. The molecule has 1 amide bonds. The van der Waals surface area contributed by atoms with Crippen LogP contribution in [0.4, 0.5) is 0 Å². The van der Waals surface area contributed by atoms with Crippen LogP contribution in [0.3, 0.4) is 0 Å². The van der Waals surface area contributed by atoms with Gasteiger partial charge >= 0.3 is 0 Å². The van der Waals surface area contributed by atoms with Gasteiger partial charge in [0.25, 0.3) is 5.91 Å². The Morgan fingerprint density at radius 3 is 2.34 bits per heavy atom.